The SMILES string of the molecule is Cc1ccc(-n2nc(C(=O)O)c3c2CCc2c-3[nH][nH]c2=O)cc1[N+](=O)[O-]. The Bertz CT molecular complexity index is 1140. The number of hydrogen-bond acceptors (Lipinski definition) is 5. The molecule has 0 aliphatic heterocycles. The van der Waals surface area contributed by atoms with Crippen LogP contribution in [0.2, 0.25) is 0 Å². The molecule has 26 heavy (non-hydrogen) atoms. The van der Waals surface area contributed by atoms with Crippen LogP contribution in [0.5, 0.6) is 0 Å². The molecule has 2 aromatic heterocycles. The van der Waals surface area contributed by atoms with Gasteiger partial charge in [-0.3, -0.25) is 25.1 Å². The molecule has 10 heteroatoms. The summed E-state index contributed by atoms with van der Waals surface area (Å²) in [7, 11) is 0. The second-order valence-electron chi connectivity index (χ2n) is 6.05. The van der Waals surface area contributed by atoms with Crippen molar-refractivity contribution in [2.75, 3.05) is 0 Å². The number of nitro benzene ring substituents is 1. The molecule has 0 saturated heterocycles. The highest BCUT2D eigenvalue weighted by molar-refractivity contribution is 5.95. The normalized spacial score (nSPS) is 12.5. The predicted molar refractivity (Wildman–Crippen MR) is 89.7 cm³/mol. The van der Waals surface area contributed by atoms with E-state index in [9.17, 15) is 24.8 Å². The summed E-state index contributed by atoms with van der Waals surface area (Å²) in [6, 6.07) is 4.61. The van der Waals surface area contributed by atoms with Gasteiger partial charge in [0.15, 0.2) is 5.69 Å². The van der Waals surface area contributed by atoms with Crippen LogP contribution in [0.4, 0.5) is 5.69 Å². The largest absolute Gasteiger partial charge is 0.476 e. The zero-order chi connectivity index (χ0) is 18.6. The van der Waals surface area contributed by atoms with Crippen molar-refractivity contribution in [3.05, 3.63) is 61.2 Å². The number of aromatic carboxylic acids is 1. The fraction of sp³-hybridized carbons (Fsp3) is 0.188. The number of nitrogens with one attached hydrogen (secondary N) is 2. The van der Waals surface area contributed by atoms with E-state index in [2.05, 4.69) is 15.3 Å². The molecule has 0 bridgehead atoms. The summed E-state index contributed by atoms with van der Waals surface area (Å²) < 4.78 is 1.40. The van der Waals surface area contributed by atoms with E-state index in [-0.39, 0.29) is 16.9 Å². The first kappa shape index (κ1) is 15.8. The van der Waals surface area contributed by atoms with E-state index in [1.165, 1.54) is 10.7 Å². The maximum Gasteiger partial charge on any atom is 0.357 e. The highest BCUT2D eigenvalue weighted by Gasteiger charge is 2.31. The van der Waals surface area contributed by atoms with Gasteiger partial charge in [0.05, 0.1) is 27.6 Å². The maximum absolute atomic E-state index is 11.9. The van der Waals surface area contributed by atoms with Crippen LogP contribution in [-0.2, 0) is 12.8 Å². The zero-order valence-corrected chi connectivity index (χ0v) is 13.6. The third-order valence-electron chi connectivity index (χ3n) is 4.56. The van der Waals surface area contributed by atoms with Crippen LogP contribution in [-0.4, -0.2) is 36.0 Å². The second kappa shape index (κ2) is 5.41. The molecule has 1 aliphatic carbocycles. The van der Waals surface area contributed by atoms with Crippen LogP contribution in [0.25, 0.3) is 16.9 Å². The number of carboxylic acids is 1. The minimum absolute atomic E-state index is 0.0739. The number of aromatic nitrogens is 4. The number of nitrogens with zero attached hydrogens (tertiary/aromatic N) is 3. The molecule has 1 aromatic carbocycles. The lowest BCUT2D eigenvalue weighted by molar-refractivity contribution is -0.385. The molecule has 132 valence electrons. The number of nitro groups is 1. The van der Waals surface area contributed by atoms with Gasteiger partial charge < -0.3 is 5.11 Å². The van der Waals surface area contributed by atoms with Gasteiger partial charge in [0.25, 0.3) is 11.2 Å². The first-order chi connectivity index (χ1) is 12.4. The second-order valence-corrected chi connectivity index (χ2v) is 6.05. The Labute approximate surface area is 145 Å². The van der Waals surface area contributed by atoms with Gasteiger partial charge in [0, 0.05) is 17.2 Å². The number of fused-ring (bicyclic) bond motifs is 3. The number of H-pyrrole nitrogens is 2. The highest BCUT2D eigenvalue weighted by Crippen LogP contribution is 2.35. The van der Waals surface area contributed by atoms with Crippen molar-refractivity contribution in [1.82, 2.24) is 20.0 Å². The average Bonchev–Trinajstić information content (AvgIpc) is 3.16. The molecule has 0 spiro atoms. The monoisotopic (exact) mass is 355 g/mol. The van der Waals surface area contributed by atoms with E-state index >= 15 is 0 Å². The lowest BCUT2D eigenvalue weighted by atomic mass is 9.93. The molecule has 0 radical (unpaired) electrons. The van der Waals surface area contributed by atoms with Gasteiger partial charge >= 0.3 is 5.97 Å². The summed E-state index contributed by atoms with van der Waals surface area (Å²) in [6.45, 7) is 1.62. The summed E-state index contributed by atoms with van der Waals surface area (Å²) in [5.74, 6) is -1.24. The summed E-state index contributed by atoms with van der Waals surface area (Å²) in [4.78, 5) is 34.2. The van der Waals surface area contributed by atoms with Crippen LogP contribution in [0, 0.1) is 17.0 Å². The first-order valence-electron chi connectivity index (χ1n) is 7.79. The molecule has 0 unspecified atom stereocenters. The number of benzene rings is 1. The molecule has 0 amide bonds. The summed E-state index contributed by atoms with van der Waals surface area (Å²) >= 11 is 0. The molecule has 0 atom stereocenters. The van der Waals surface area contributed by atoms with Crippen molar-refractivity contribution >= 4 is 11.7 Å². The van der Waals surface area contributed by atoms with Crippen molar-refractivity contribution in [2.24, 2.45) is 0 Å². The van der Waals surface area contributed by atoms with Crippen LogP contribution in [0.15, 0.2) is 23.0 Å². The van der Waals surface area contributed by atoms with Gasteiger partial charge in [0.2, 0.25) is 0 Å². The van der Waals surface area contributed by atoms with E-state index in [1.807, 2.05) is 0 Å². The quantitative estimate of drug-likeness (QED) is 0.480. The van der Waals surface area contributed by atoms with Crippen molar-refractivity contribution < 1.29 is 14.8 Å². The number of aromatic amines is 2. The molecule has 4 rings (SSSR count). The van der Waals surface area contributed by atoms with Crippen LogP contribution >= 0.6 is 0 Å². The van der Waals surface area contributed by atoms with Crippen molar-refractivity contribution in [3.8, 4) is 16.9 Å². The summed E-state index contributed by atoms with van der Waals surface area (Å²) in [5.41, 5.74) is 2.12. The highest BCUT2D eigenvalue weighted by atomic mass is 16.6. The standard InChI is InChI=1S/C16H13N5O5/c1-7-2-3-8(6-11(7)21(25)26)20-10-5-4-9-13(17-18-15(9)22)12(10)14(19-20)16(23)24/h2-3,6H,4-5H2,1H3,(H,23,24)(H2,17,18,22). The topological polar surface area (TPSA) is 147 Å². The van der Waals surface area contributed by atoms with Crippen LogP contribution in [0.1, 0.15) is 27.3 Å². The number of hydrogen-bond donors (Lipinski definition) is 3. The Hall–Kier alpha value is -3.69. The van der Waals surface area contributed by atoms with Crippen LogP contribution < -0.4 is 5.56 Å². The van der Waals surface area contributed by atoms with Crippen LogP contribution in [0.3, 0.4) is 0 Å². The molecule has 3 N–H and O–H groups in total. The number of rotatable bonds is 3. The zero-order valence-electron chi connectivity index (χ0n) is 13.6. The molecule has 0 saturated carbocycles. The maximum atomic E-state index is 11.9. The number of carboxylic acid groups (broad SMARTS) is 1. The van der Waals surface area contributed by atoms with E-state index in [0.717, 1.165) is 0 Å². The summed E-state index contributed by atoms with van der Waals surface area (Å²) in [5, 5.41) is 30.1. The third kappa shape index (κ3) is 2.15. The fourth-order valence-electron chi connectivity index (χ4n) is 3.32. The summed E-state index contributed by atoms with van der Waals surface area (Å²) in [6.07, 6.45) is 0.811. The minimum Gasteiger partial charge on any atom is -0.476 e. The van der Waals surface area contributed by atoms with Gasteiger partial charge in [-0.05, 0) is 25.8 Å². The average molecular weight is 355 g/mol. The Balaban J connectivity index is 1.99. The van der Waals surface area contributed by atoms with E-state index in [1.54, 1.807) is 19.1 Å². The first-order valence-corrected chi connectivity index (χ1v) is 7.79. The molecule has 10 nitrogen and oxygen atoms in total. The number of aryl methyl sites for hydroxylation is 1. The smallest absolute Gasteiger partial charge is 0.357 e. The Morgan fingerprint density at radius 3 is 2.81 bits per heavy atom. The van der Waals surface area contributed by atoms with E-state index in [4.69, 9.17) is 0 Å². The minimum atomic E-state index is -1.24. The molecular weight excluding hydrogens is 342 g/mol. The third-order valence-corrected chi connectivity index (χ3v) is 4.56. The van der Waals surface area contributed by atoms with Gasteiger partial charge in [-0.15, -0.1) is 0 Å². The van der Waals surface area contributed by atoms with Crippen molar-refractivity contribution in [3.63, 3.8) is 0 Å². The molecular formula is C16H13N5O5. The van der Waals surface area contributed by atoms with E-state index < -0.39 is 10.9 Å². The van der Waals surface area contributed by atoms with Gasteiger partial charge in [-0.1, -0.05) is 6.07 Å². The van der Waals surface area contributed by atoms with E-state index in [0.29, 0.717) is 46.6 Å². The number of carbonyl (C=O) groups is 1. The van der Waals surface area contributed by atoms with Gasteiger partial charge in [-0.2, -0.15) is 5.10 Å². The lowest BCUT2D eigenvalue weighted by Crippen LogP contribution is -2.13. The van der Waals surface area contributed by atoms with Gasteiger partial charge in [0.1, 0.15) is 0 Å². The Morgan fingerprint density at radius 1 is 1.35 bits per heavy atom. The molecule has 1 aliphatic rings. The Morgan fingerprint density at radius 2 is 2.12 bits per heavy atom. The molecule has 0 fully saturated rings. The van der Waals surface area contributed by atoms with Crippen molar-refractivity contribution in [2.45, 2.75) is 19.8 Å². The fourth-order valence-corrected chi connectivity index (χ4v) is 3.32. The lowest BCUT2D eigenvalue weighted by Gasteiger charge is -2.14. The predicted octanol–water partition coefficient (Wildman–Crippen LogP) is 1.57. The Kier molecular flexibility index (Phi) is 3.29. The van der Waals surface area contributed by atoms with Gasteiger partial charge in [-0.25, -0.2) is 9.48 Å². The van der Waals surface area contributed by atoms with Crippen molar-refractivity contribution in [1.29, 1.82) is 0 Å². The molecule has 3 aromatic rings. The molecule has 2 heterocycles.